The molecule has 2 aromatic rings. The highest BCUT2D eigenvalue weighted by atomic mass is 32.2. The minimum Gasteiger partial charge on any atom is -0.486 e. The molecule has 1 saturated heterocycles. The van der Waals surface area contributed by atoms with Crippen molar-refractivity contribution in [3.05, 3.63) is 30.3 Å². The molecule has 0 saturated carbocycles. The van der Waals surface area contributed by atoms with Gasteiger partial charge < -0.3 is 19.1 Å². The summed E-state index contributed by atoms with van der Waals surface area (Å²) in [6.07, 6.45) is 1.18. The maximum absolute atomic E-state index is 13.1. The van der Waals surface area contributed by atoms with Gasteiger partial charge in [0.2, 0.25) is 15.9 Å². The molecule has 1 unspecified atom stereocenters. The molecule has 1 aromatic heterocycles. The summed E-state index contributed by atoms with van der Waals surface area (Å²) < 4.78 is 44.6. The second-order valence-electron chi connectivity index (χ2n) is 7.17. The molecule has 0 bridgehead atoms. The molecule has 9 nitrogen and oxygen atoms in total. The third-order valence-electron chi connectivity index (χ3n) is 4.86. The second kappa shape index (κ2) is 8.03. The summed E-state index contributed by atoms with van der Waals surface area (Å²) >= 11 is 0. The van der Waals surface area contributed by atoms with E-state index >= 15 is 0 Å². The van der Waals surface area contributed by atoms with E-state index in [1.807, 2.05) is 25.1 Å². The number of rotatable bonds is 5. The zero-order valence-electron chi connectivity index (χ0n) is 16.4. The van der Waals surface area contributed by atoms with E-state index in [9.17, 15) is 8.42 Å². The zero-order valence-corrected chi connectivity index (χ0v) is 17.3. The first-order chi connectivity index (χ1) is 13.9. The van der Waals surface area contributed by atoms with E-state index in [2.05, 4.69) is 10.2 Å². The van der Waals surface area contributed by atoms with Gasteiger partial charge in [-0.25, -0.2) is 8.42 Å². The Morgan fingerprint density at radius 3 is 2.62 bits per heavy atom. The lowest BCUT2D eigenvalue weighted by atomic mass is 10.1. The van der Waals surface area contributed by atoms with Gasteiger partial charge in [-0.15, -0.1) is 10.2 Å². The van der Waals surface area contributed by atoms with E-state index in [0.29, 0.717) is 43.6 Å². The maximum Gasteiger partial charge on any atom is 0.243 e. The van der Waals surface area contributed by atoms with Crippen molar-refractivity contribution in [2.75, 3.05) is 45.3 Å². The predicted octanol–water partition coefficient (Wildman–Crippen LogP) is 1.55. The molecular formula is C19H24N4O5S. The van der Waals surface area contributed by atoms with Gasteiger partial charge in [0.25, 0.3) is 0 Å². The van der Waals surface area contributed by atoms with Crippen molar-refractivity contribution < 1.29 is 22.6 Å². The van der Waals surface area contributed by atoms with Crippen LogP contribution in [0.5, 0.6) is 17.4 Å². The summed E-state index contributed by atoms with van der Waals surface area (Å²) in [5, 5.41) is 8.17. The SMILES string of the molecule is CN(C)c1ccc(OC2CCCN(S(=O)(=O)c3ccc4c(c3)OCCO4)C2)nn1. The van der Waals surface area contributed by atoms with E-state index in [0.717, 1.165) is 12.2 Å². The third kappa shape index (κ3) is 4.23. The predicted molar refractivity (Wildman–Crippen MR) is 106 cm³/mol. The first-order valence-electron chi connectivity index (χ1n) is 9.51. The number of ether oxygens (including phenoxy) is 3. The number of hydrogen-bond donors (Lipinski definition) is 0. The molecule has 1 fully saturated rings. The molecule has 2 aliphatic rings. The molecule has 0 radical (unpaired) electrons. The summed E-state index contributed by atoms with van der Waals surface area (Å²) in [7, 11) is 0.0989. The molecule has 2 aliphatic heterocycles. The van der Waals surface area contributed by atoms with Gasteiger partial charge in [0.1, 0.15) is 19.3 Å². The molecule has 0 spiro atoms. The minimum absolute atomic E-state index is 0.192. The Kier molecular flexibility index (Phi) is 5.46. The van der Waals surface area contributed by atoms with Crippen LogP contribution in [0.25, 0.3) is 0 Å². The number of fused-ring (bicyclic) bond motifs is 1. The van der Waals surface area contributed by atoms with Gasteiger partial charge in [0.15, 0.2) is 17.3 Å². The van der Waals surface area contributed by atoms with E-state index in [1.165, 1.54) is 10.4 Å². The lowest BCUT2D eigenvalue weighted by molar-refractivity contribution is 0.123. The van der Waals surface area contributed by atoms with E-state index in [4.69, 9.17) is 14.2 Å². The summed E-state index contributed by atoms with van der Waals surface area (Å²) in [5.74, 6) is 2.14. The van der Waals surface area contributed by atoms with Crippen molar-refractivity contribution >= 4 is 15.8 Å². The van der Waals surface area contributed by atoms with E-state index < -0.39 is 10.0 Å². The number of benzene rings is 1. The Hall–Kier alpha value is -2.59. The molecule has 0 amide bonds. The smallest absolute Gasteiger partial charge is 0.243 e. The average molecular weight is 420 g/mol. The largest absolute Gasteiger partial charge is 0.486 e. The summed E-state index contributed by atoms with van der Waals surface area (Å²) in [4.78, 5) is 2.04. The lowest BCUT2D eigenvalue weighted by Crippen LogP contribution is -2.44. The number of nitrogens with zero attached hydrogens (tertiary/aromatic N) is 4. The first kappa shape index (κ1) is 19.7. The number of anilines is 1. The monoisotopic (exact) mass is 420 g/mol. The second-order valence-corrected chi connectivity index (χ2v) is 9.11. The number of hydrogen-bond acceptors (Lipinski definition) is 8. The van der Waals surface area contributed by atoms with Crippen LogP contribution in [-0.2, 0) is 10.0 Å². The molecular weight excluding hydrogens is 396 g/mol. The molecule has 4 rings (SSSR count). The Morgan fingerprint density at radius 2 is 1.90 bits per heavy atom. The lowest BCUT2D eigenvalue weighted by Gasteiger charge is -2.32. The van der Waals surface area contributed by atoms with Crippen LogP contribution < -0.4 is 19.1 Å². The van der Waals surface area contributed by atoms with Crippen LogP contribution in [0.15, 0.2) is 35.2 Å². The van der Waals surface area contributed by atoms with Crippen LogP contribution >= 0.6 is 0 Å². The fraction of sp³-hybridized carbons (Fsp3) is 0.474. The van der Waals surface area contributed by atoms with Gasteiger partial charge in [-0.05, 0) is 31.0 Å². The number of piperidine rings is 1. The van der Waals surface area contributed by atoms with Crippen molar-refractivity contribution in [3.63, 3.8) is 0 Å². The van der Waals surface area contributed by atoms with Gasteiger partial charge in [0, 0.05) is 32.8 Å². The van der Waals surface area contributed by atoms with Gasteiger partial charge in [-0.3, -0.25) is 0 Å². The van der Waals surface area contributed by atoms with E-state index in [-0.39, 0.29) is 17.5 Å². The highest BCUT2D eigenvalue weighted by Gasteiger charge is 2.32. The Labute approximate surface area is 170 Å². The third-order valence-corrected chi connectivity index (χ3v) is 6.73. The standard InChI is InChI=1S/C19H24N4O5S/c1-22(2)18-7-8-19(21-20-18)28-14-4-3-9-23(13-14)29(24,25)15-5-6-16-17(12-15)27-11-10-26-16/h5-8,12,14H,3-4,9-11,13H2,1-2H3. The summed E-state index contributed by atoms with van der Waals surface area (Å²) in [6.45, 7) is 1.57. The van der Waals surface area contributed by atoms with Gasteiger partial charge >= 0.3 is 0 Å². The molecule has 10 heteroatoms. The summed E-state index contributed by atoms with van der Waals surface area (Å²) in [6, 6.07) is 8.28. The van der Waals surface area contributed by atoms with Gasteiger partial charge in [-0.2, -0.15) is 4.31 Å². The van der Waals surface area contributed by atoms with Crippen LogP contribution in [0.3, 0.4) is 0 Å². The molecule has 3 heterocycles. The highest BCUT2D eigenvalue weighted by molar-refractivity contribution is 7.89. The Balaban J connectivity index is 1.47. The average Bonchev–Trinajstić information content (AvgIpc) is 2.74. The van der Waals surface area contributed by atoms with Crippen molar-refractivity contribution in [3.8, 4) is 17.4 Å². The zero-order chi connectivity index (χ0) is 20.4. The topological polar surface area (TPSA) is 94.1 Å². The van der Waals surface area contributed by atoms with Gasteiger partial charge in [0.05, 0.1) is 11.4 Å². The first-order valence-corrected chi connectivity index (χ1v) is 10.9. The molecule has 29 heavy (non-hydrogen) atoms. The van der Waals surface area contributed by atoms with Crippen molar-refractivity contribution in [2.45, 2.75) is 23.8 Å². The molecule has 1 atom stereocenters. The number of sulfonamides is 1. The molecule has 156 valence electrons. The van der Waals surface area contributed by atoms with Crippen LogP contribution in [0.4, 0.5) is 5.82 Å². The fourth-order valence-electron chi connectivity index (χ4n) is 3.34. The maximum atomic E-state index is 13.1. The van der Waals surface area contributed by atoms with Crippen molar-refractivity contribution in [2.24, 2.45) is 0 Å². The van der Waals surface area contributed by atoms with Crippen LogP contribution in [0.1, 0.15) is 12.8 Å². The highest BCUT2D eigenvalue weighted by Crippen LogP contribution is 2.33. The van der Waals surface area contributed by atoms with Crippen LogP contribution in [0.2, 0.25) is 0 Å². The normalized spacial score (nSPS) is 19.6. The Bertz CT molecular complexity index is 965. The molecule has 0 aliphatic carbocycles. The number of aromatic nitrogens is 2. The molecule has 1 aromatic carbocycles. The minimum atomic E-state index is -3.66. The van der Waals surface area contributed by atoms with E-state index in [1.54, 1.807) is 18.2 Å². The molecule has 0 N–H and O–H groups in total. The quantitative estimate of drug-likeness (QED) is 0.719. The van der Waals surface area contributed by atoms with Crippen LogP contribution in [0, 0.1) is 0 Å². The Morgan fingerprint density at radius 1 is 1.10 bits per heavy atom. The van der Waals surface area contributed by atoms with Crippen LogP contribution in [-0.4, -0.2) is 69.4 Å². The fourth-order valence-corrected chi connectivity index (χ4v) is 4.86. The van der Waals surface area contributed by atoms with Gasteiger partial charge in [-0.1, -0.05) is 0 Å². The summed E-state index contributed by atoms with van der Waals surface area (Å²) in [5.41, 5.74) is 0. The van der Waals surface area contributed by atoms with Crippen molar-refractivity contribution in [1.82, 2.24) is 14.5 Å². The van der Waals surface area contributed by atoms with Crippen molar-refractivity contribution in [1.29, 1.82) is 0 Å².